The van der Waals surface area contributed by atoms with Gasteiger partial charge in [-0.25, -0.2) is 0 Å². The first kappa shape index (κ1) is 23.6. The van der Waals surface area contributed by atoms with Gasteiger partial charge in [-0.1, -0.05) is 11.6 Å². The van der Waals surface area contributed by atoms with Crippen molar-refractivity contribution in [2.45, 2.75) is 26.3 Å². The van der Waals surface area contributed by atoms with Gasteiger partial charge in [-0.3, -0.25) is 10.1 Å². The molecule has 11 heteroatoms. The van der Waals surface area contributed by atoms with Crippen LogP contribution in [0.3, 0.4) is 0 Å². The van der Waals surface area contributed by atoms with E-state index in [1.807, 2.05) is 20.8 Å². The van der Waals surface area contributed by atoms with E-state index in [-0.39, 0.29) is 11.2 Å². The zero-order valence-electron chi connectivity index (χ0n) is 15.7. The fourth-order valence-corrected chi connectivity index (χ4v) is 2.34. The summed E-state index contributed by atoms with van der Waals surface area (Å²) >= 11 is 6.07. The molecule has 9 nitrogen and oxygen atoms in total. The van der Waals surface area contributed by atoms with E-state index in [1.54, 1.807) is 30.3 Å². The number of benzene rings is 2. The highest BCUT2D eigenvalue weighted by Crippen LogP contribution is 2.35. The molecule has 3 N–H and O–H groups in total. The second kappa shape index (κ2) is 10.2. The molecule has 0 bridgehead atoms. The third kappa shape index (κ3) is 8.06. The number of methoxy groups -OCH3 is 1. The molecular formula is C17H21ClN2O7P+. The Kier molecular flexibility index (Phi) is 8.59. The number of hydrogen-bond donors (Lipinski definition) is 3. The molecular weight excluding hydrogens is 411 g/mol. The number of nitro benzene ring substituents is 1. The fourth-order valence-electron chi connectivity index (χ4n) is 2.09. The molecule has 2 aromatic carbocycles. The number of rotatable bonds is 5. The van der Waals surface area contributed by atoms with Gasteiger partial charge in [-0.05, 0) is 39.0 Å². The Balaban J connectivity index is 0.000000892. The second-order valence-corrected chi connectivity index (χ2v) is 7.37. The summed E-state index contributed by atoms with van der Waals surface area (Å²) in [6.07, 6.45) is 0. The first-order chi connectivity index (χ1) is 12.9. The molecule has 0 amide bonds. The van der Waals surface area contributed by atoms with Crippen molar-refractivity contribution in [2.24, 2.45) is 0 Å². The van der Waals surface area contributed by atoms with E-state index in [2.05, 4.69) is 5.32 Å². The van der Waals surface area contributed by atoms with Crippen molar-refractivity contribution in [1.29, 1.82) is 0 Å². The first-order valence-corrected chi connectivity index (χ1v) is 9.40. The molecule has 0 atom stereocenters. The summed E-state index contributed by atoms with van der Waals surface area (Å²) in [7, 11) is -1.34. The molecule has 0 radical (unpaired) electrons. The quantitative estimate of drug-likeness (QED) is 0.346. The van der Waals surface area contributed by atoms with Gasteiger partial charge < -0.3 is 14.8 Å². The van der Waals surface area contributed by atoms with Crippen molar-refractivity contribution in [3.63, 3.8) is 0 Å². The van der Waals surface area contributed by atoms with Crippen LogP contribution in [-0.2, 0) is 4.57 Å². The van der Waals surface area contributed by atoms with Crippen molar-refractivity contribution < 1.29 is 28.7 Å². The van der Waals surface area contributed by atoms with Gasteiger partial charge in [0.05, 0.1) is 17.1 Å². The van der Waals surface area contributed by atoms with Crippen LogP contribution < -0.4 is 14.8 Å². The number of nitrogens with zero attached hydrogens (tertiary/aromatic N) is 1. The molecule has 2 rings (SSSR count). The lowest BCUT2D eigenvalue weighted by Crippen LogP contribution is -2.26. The van der Waals surface area contributed by atoms with Crippen LogP contribution in [0.1, 0.15) is 20.8 Å². The molecule has 0 unspecified atom stereocenters. The van der Waals surface area contributed by atoms with Crippen molar-refractivity contribution in [3.8, 4) is 17.2 Å². The smallest absolute Gasteiger partial charge is 0.495 e. The summed E-state index contributed by atoms with van der Waals surface area (Å²) in [6.45, 7) is 5.77. The minimum absolute atomic E-state index is 0.00922. The maximum absolute atomic E-state index is 11.2. The Hall–Kier alpha value is -2.45. The van der Waals surface area contributed by atoms with Gasteiger partial charge >= 0.3 is 8.25 Å². The van der Waals surface area contributed by atoms with E-state index in [0.717, 1.165) is 0 Å². The molecule has 0 aromatic heterocycles. The number of nitro groups is 1. The van der Waals surface area contributed by atoms with E-state index in [4.69, 9.17) is 35.4 Å². The number of halogens is 1. The van der Waals surface area contributed by atoms with Gasteiger partial charge in [-0.2, -0.15) is 0 Å². The number of hydrogen-bond acceptors (Lipinski definition) is 6. The summed E-state index contributed by atoms with van der Waals surface area (Å²) in [6, 6.07) is 9.58. The first-order valence-electron chi connectivity index (χ1n) is 7.86. The van der Waals surface area contributed by atoms with Crippen LogP contribution >= 0.6 is 19.9 Å². The largest absolute Gasteiger partial charge is 0.692 e. The molecule has 0 saturated heterocycles. The third-order valence-electron chi connectivity index (χ3n) is 3.03. The Morgan fingerprint density at radius 1 is 1.14 bits per heavy atom. The molecule has 0 aliphatic heterocycles. The third-order valence-corrected chi connectivity index (χ3v) is 3.33. The number of ether oxygens (including phenoxy) is 2. The molecule has 0 aliphatic carbocycles. The Labute approximate surface area is 168 Å². The maximum Gasteiger partial charge on any atom is 0.692 e. The van der Waals surface area contributed by atoms with Crippen LogP contribution in [0.15, 0.2) is 36.4 Å². The average Bonchev–Trinajstić information content (AvgIpc) is 2.53. The molecule has 0 spiro atoms. The highest BCUT2D eigenvalue weighted by Gasteiger charge is 2.20. The highest BCUT2D eigenvalue weighted by atomic mass is 35.5. The van der Waals surface area contributed by atoms with Gasteiger partial charge in [0.15, 0.2) is 0 Å². The highest BCUT2D eigenvalue weighted by molar-refractivity contribution is 7.30. The summed E-state index contributed by atoms with van der Waals surface area (Å²) < 4.78 is 19.5. The van der Waals surface area contributed by atoms with Gasteiger partial charge in [0.2, 0.25) is 0 Å². The van der Waals surface area contributed by atoms with Gasteiger partial charge in [0.25, 0.3) is 5.69 Å². The molecule has 2 aromatic rings. The van der Waals surface area contributed by atoms with Crippen molar-refractivity contribution in [2.75, 3.05) is 12.4 Å². The van der Waals surface area contributed by atoms with Crippen LogP contribution in [0.2, 0.25) is 5.02 Å². The zero-order chi connectivity index (χ0) is 21.5. The average molecular weight is 432 g/mol. The van der Waals surface area contributed by atoms with Crippen LogP contribution in [0.5, 0.6) is 17.2 Å². The molecule has 152 valence electrons. The fraction of sp³-hybridized carbons (Fsp3) is 0.294. The summed E-state index contributed by atoms with van der Waals surface area (Å²) in [5, 5.41) is 14.7. The summed E-state index contributed by atoms with van der Waals surface area (Å²) in [4.78, 5) is 25.0. The standard InChI is InChI=1S/C17H19ClN2O4.HO3P/c1-17(2,3)19-14-10-12(5-7-15(14)20(21)22)24-11-6-8-16(23-4)13(18)9-11;1-4(2)3/h5-10,19H,1-4H3;(H-,1,2,3)/p+1. The van der Waals surface area contributed by atoms with Gasteiger partial charge in [0, 0.05) is 28.3 Å². The van der Waals surface area contributed by atoms with E-state index in [0.29, 0.717) is 28.0 Å². The summed E-state index contributed by atoms with van der Waals surface area (Å²) in [5.41, 5.74) is 0.0573. The second-order valence-electron chi connectivity index (χ2n) is 6.46. The van der Waals surface area contributed by atoms with Crippen LogP contribution in [-0.4, -0.2) is 27.4 Å². The molecule has 0 aliphatic rings. The molecule has 0 saturated carbocycles. The van der Waals surface area contributed by atoms with Crippen LogP contribution in [0.25, 0.3) is 0 Å². The van der Waals surface area contributed by atoms with Crippen LogP contribution in [0, 0.1) is 10.1 Å². The Morgan fingerprint density at radius 3 is 2.14 bits per heavy atom. The lowest BCUT2D eigenvalue weighted by atomic mass is 10.1. The lowest BCUT2D eigenvalue weighted by Gasteiger charge is -2.22. The van der Waals surface area contributed by atoms with Crippen LogP contribution in [0.4, 0.5) is 11.4 Å². The maximum atomic E-state index is 11.2. The minimum Gasteiger partial charge on any atom is -0.495 e. The van der Waals surface area contributed by atoms with Gasteiger partial charge in [-0.15, -0.1) is 9.79 Å². The number of nitrogens with one attached hydrogen (secondary N) is 1. The van der Waals surface area contributed by atoms with Crippen molar-refractivity contribution >= 4 is 31.2 Å². The zero-order valence-corrected chi connectivity index (χ0v) is 17.3. The van der Waals surface area contributed by atoms with E-state index in [1.165, 1.54) is 13.2 Å². The topological polar surface area (TPSA) is 131 Å². The lowest BCUT2D eigenvalue weighted by molar-refractivity contribution is -0.384. The monoisotopic (exact) mass is 431 g/mol. The normalized spacial score (nSPS) is 10.4. The van der Waals surface area contributed by atoms with E-state index >= 15 is 0 Å². The molecule has 0 fully saturated rings. The Morgan fingerprint density at radius 2 is 1.68 bits per heavy atom. The summed E-state index contributed by atoms with van der Waals surface area (Å²) in [5.74, 6) is 1.52. The van der Waals surface area contributed by atoms with Crippen molar-refractivity contribution in [3.05, 3.63) is 51.5 Å². The predicted octanol–water partition coefficient (Wildman–Crippen LogP) is 4.89. The van der Waals surface area contributed by atoms with E-state index < -0.39 is 13.2 Å². The molecule has 0 heterocycles. The van der Waals surface area contributed by atoms with Crippen molar-refractivity contribution in [1.82, 2.24) is 0 Å². The predicted molar refractivity (Wildman–Crippen MR) is 107 cm³/mol. The Bertz CT molecular complexity index is 852. The minimum atomic E-state index is -2.87. The van der Waals surface area contributed by atoms with E-state index in [9.17, 15) is 10.1 Å². The number of anilines is 1. The van der Waals surface area contributed by atoms with Gasteiger partial charge in [0.1, 0.15) is 22.9 Å². The molecule has 28 heavy (non-hydrogen) atoms. The SMILES string of the molecule is COc1ccc(Oc2ccc([N+](=O)[O-])c(NC(C)(C)C)c2)cc1Cl.O=[P+](O)O.